The van der Waals surface area contributed by atoms with Crippen molar-refractivity contribution in [1.29, 1.82) is 0 Å². The van der Waals surface area contributed by atoms with E-state index in [1.165, 1.54) is 0 Å². The van der Waals surface area contributed by atoms with Gasteiger partial charge in [-0.05, 0) is 18.2 Å². The van der Waals surface area contributed by atoms with E-state index in [9.17, 15) is 31.7 Å². The lowest BCUT2D eigenvalue weighted by atomic mass is 10.1. The Kier molecular flexibility index (Phi) is 5.64. The second-order valence-corrected chi connectivity index (χ2v) is 7.48. The molecule has 11 heteroatoms. The minimum atomic E-state index is -4.08. The largest absolute Gasteiger partial charge is 0.323 e. The summed E-state index contributed by atoms with van der Waals surface area (Å²) in [5.74, 6) is -3.79. The van der Waals surface area contributed by atoms with Crippen molar-refractivity contribution in [2.24, 2.45) is 5.73 Å². The number of non-ortho nitro benzene ring substituents is 1. The molecule has 0 unspecified atom stereocenters. The Morgan fingerprint density at radius 2 is 1.65 bits per heavy atom. The lowest BCUT2D eigenvalue weighted by molar-refractivity contribution is -0.384. The molecule has 2 aromatic rings. The molecule has 0 aliphatic rings. The zero-order valence-corrected chi connectivity index (χ0v) is 14.2. The number of sulfonamides is 1. The van der Waals surface area contributed by atoms with Gasteiger partial charge in [0.25, 0.3) is 5.69 Å². The number of hydrogen-bond donors (Lipinski definition) is 1. The standard InChI is InChI=1S/C15H14F3N3O4S/c1-20(8-15(19)11-6-13(17)14(18)7-12(11)16)26(24,25)10-4-2-9(3-5-10)21(22)23/h2-7,15H,8,19H2,1H3/t15-/m0/s1. The van der Waals surface area contributed by atoms with E-state index in [2.05, 4.69) is 0 Å². The third kappa shape index (κ3) is 4.00. The van der Waals surface area contributed by atoms with Crippen LogP contribution in [0.25, 0.3) is 0 Å². The van der Waals surface area contributed by atoms with Crippen LogP contribution in [0.2, 0.25) is 0 Å². The average Bonchev–Trinajstić information content (AvgIpc) is 2.57. The molecule has 140 valence electrons. The summed E-state index contributed by atoms with van der Waals surface area (Å²) in [5.41, 5.74) is 5.06. The highest BCUT2D eigenvalue weighted by molar-refractivity contribution is 7.89. The third-order valence-corrected chi connectivity index (χ3v) is 5.49. The molecule has 0 saturated carbocycles. The van der Waals surface area contributed by atoms with Crippen molar-refractivity contribution in [3.63, 3.8) is 0 Å². The van der Waals surface area contributed by atoms with Crippen molar-refractivity contribution in [1.82, 2.24) is 4.31 Å². The van der Waals surface area contributed by atoms with Gasteiger partial charge in [-0.25, -0.2) is 21.6 Å². The predicted molar refractivity (Wildman–Crippen MR) is 86.2 cm³/mol. The van der Waals surface area contributed by atoms with Crippen molar-refractivity contribution in [2.45, 2.75) is 10.9 Å². The number of hydrogen-bond acceptors (Lipinski definition) is 5. The summed E-state index contributed by atoms with van der Waals surface area (Å²) < 4.78 is 65.7. The van der Waals surface area contributed by atoms with Gasteiger partial charge >= 0.3 is 0 Å². The van der Waals surface area contributed by atoms with Crippen LogP contribution in [0.3, 0.4) is 0 Å². The summed E-state index contributed by atoms with van der Waals surface area (Å²) in [6.45, 7) is -0.429. The van der Waals surface area contributed by atoms with Gasteiger partial charge in [0, 0.05) is 43.4 Å². The summed E-state index contributed by atoms with van der Waals surface area (Å²) in [6, 6.07) is 3.78. The smallest absolute Gasteiger partial charge is 0.269 e. The van der Waals surface area contributed by atoms with Crippen LogP contribution in [-0.2, 0) is 10.0 Å². The van der Waals surface area contributed by atoms with Crippen LogP contribution in [0.15, 0.2) is 41.3 Å². The highest BCUT2D eigenvalue weighted by Crippen LogP contribution is 2.23. The molecule has 0 fully saturated rings. The first-order chi connectivity index (χ1) is 12.0. The number of nitro benzene ring substituents is 1. The maximum Gasteiger partial charge on any atom is 0.269 e. The molecule has 2 N–H and O–H groups in total. The normalized spacial score (nSPS) is 13.0. The van der Waals surface area contributed by atoms with E-state index in [-0.39, 0.29) is 16.1 Å². The van der Waals surface area contributed by atoms with Gasteiger partial charge in [-0.3, -0.25) is 10.1 Å². The zero-order valence-electron chi connectivity index (χ0n) is 13.4. The van der Waals surface area contributed by atoms with Gasteiger partial charge in [0.1, 0.15) is 5.82 Å². The Labute approximate surface area is 147 Å². The lowest BCUT2D eigenvalue weighted by Crippen LogP contribution is -2.34. The Morgan fingerprint density at radius 3 is 2.19 bits per heavy atom. The van der Waals surface area contributed by atoms with E-state index in [1.54, 1.807) is 0 Å². The maximum absolute atomic E-state index is 13.8. The molecule has 2 aromatic carbocycles. The highest BCUT2D eigenvalue weighted by Gasteiger charge is 2.25. The summed E-state index contributed by atoms with van der Waals surface area (Å²) in [4.78, 5) is 9.71. The van der Waals surface area contributed by atoms with Crippen LogP contribution in [0.1, 0.15) is 11.6 Å². The Bertz CT molecular complexity index is 936. The topological polar surface area (TPSA) is 107 Å². The molecule has 0 amide bonds. The molecule has 0 saturated heterocycles. The molecule has 0 radical (unpaired) electrons. The van der Waals surface area contributed by atoms with Crippen LogP contribution < -0.4 is 5.73 Å². The van der Waals surface area contributed by atoms with Gasteiger partial charge in [-0.15, -0.1) is 0 Å². The van der Waals surface area contributed by atoms with Gasteiger partial charge < -0.3 is 5.73 Å². The van der Waals surface area contributed by atoms with Crippen molar-refractivity contribution >= 4 is 15.7 Å². The van der Waals surface area contributed by atoms with E-state index >= 15 is 0 Å². The monoisotopic (exact) mass is 389 g/mol. The van der Waals surface area contributed by atoms with Crippen LogP contribution in [-0.4, -0.2) is 31.2 Å². The first-order valence-electron chi connectivity index (χ1n) is 7.15. The van der Waals surface area contributed by atoms with Crippen LogP contribution >= 0.6 is 0 Å². The summed E-state index contributed by atoms with van der Waals surface area (Å²) in [5, 5.41) is 10.6. The van der Waals surface area contributed by atoms with E-state index in [1.807, 2.05) is 0 Å². The molecule has 0 aromatic heterocycles. The number of halogens is 3. The fourth-order valence-corrected chi connectivity index (χ4v) is 3.41. The van der Waals surface area contributed by atoms with E-state index < -0.39 is 45.0 Å². The first kappa shape index (κ1) is 19.8. The van der Waals surface area contributed by atoms with Gasteiger partial charge in [0.15, 0.2) is 11.6 Å². The number of nitrogens with zero attached hydrogens (tertiary/aromatic N) is 2. The highest BCUT2D eigenvalue weighted by atomic mass is 32.2. The van der Waals surface area contributed by atoms with Gasteiger partial charge in [-0.2, -0.15) is 4.31 Å². The Hall–Kier alpha value is -2.50. The van der Waals surface area contributed by atoms with Crippen LogP contribution in [0.5, 0.6) is 0 Å². The summed E-state index contributed by atoms with van der Waals surface area (Å²) in [7, 11) is -2.91. The number of benzene rings is 2. The SMILES string of the molecule is CN(C[C@H](N)c1cc(F)c(F)cc1F)S(=O)(=O)c1ccc([N+](=O)[O-])cc1. The van der Waals surface area contributed by atoms with Gasteiger partial charge in [-0.1, -0.05) is 0 Å². The molecule has 0 spiro atoms. The molecule has 0 aliphatic carbocycles. The number of nitrogens with two attached hydrogens (primary N) is 1. The van der Waals surface area contributed by atoms with Crippen molar-refractivity contribution in [3.05, 3.63) is 69.5 Å². The lowest BCUT2D eigenvalue weighted by Gasteiger charge is -2.22. The number of nitro groups is 1. The molecule has 1 atom stereocenters. The molecule has 7 nitrogen and oxygen atoms in total. The van der Waals surface area contributed by atoms with Crippen molar-refractivity contribution in [2.75, 3.05) is 13.6 Å². The quantitative estimate of drug-likeness (QED) is 0.464. The minimum Gasteiger partial charge on any atom is -0.323 e. The second-order valence-electron chi connectivity index (χ2n) is 5.43. The maximum atomic E-state index is 13.8. The number of rotatable bonds is 6. The van der Waals surface area contributed by atoms with Gasteiger partial charge in [0.2, 0.25) is 10.0 Å². The number of likely N-dealkylation sites (N-methyl/N-ethyl adjacent to an activating group) is 1. The van der Waals surface area contributed by atoms with E-state index in [4.69, 9.17) is 5.73 Å². The average molecular weight is 389 g/mol. The molecule has 0 heterocycles. The zero-order chi connectivity index (χ0) is 19.6. The Balaban J connectivity index is 2.23. The van der Waals surface area contributed by atoms with E-state index in [0.29, 0.717) is 12.1 Å². The van der Waals surface area contributed by atoms with Crippen LogP contribution in [0.4, 0.5) is 18.9 Å². The molecule has 26 heavy (non-hydrogen) atoms. The molecular weight excluding hydrogens is 375 g/mol. The van der Waals surface area contributed by atoms with Crippen molar-refractivity contribution in [3.8, 4) is 0 Å². The molecular formula is C15H14F3N3O4S. The summed E-state index contributed by atoms with van der Waals surface area (Å²) >= 11 is 0. The fourth-order valence-electron chi connectivity index (χ4n) is 2.22. The van der Waals surface area contributed by atoms with Crippen molar-refractivity contribution < 1.29 is 26.5 Å². The van der Waals surface area contributed by atoms with Crippen LogP contribution in [0, 0.1) is 27.6 Å². The van der Waals surface area contributed by atoms with E-state index in [0.717, 1.165) is 35.6 Å². The Morgan fingerprint density at radius 1 is 1.12 bits per heavy atom. The molecule has 2 rings (SSSR count). The first-order valence-corrected chi connectivity index (χ1v) is 8.59. The second kappa shape index (κ2) is 7.40. The van der Waals surface area contributed by atoms with Gasteiger partial charge in [0.05, 0.1) is 9.82 Å². The molecule has 0 bridgehead atoms. The predicted octanol–water partition coefficient (Wildman–Crippen LogP) is 2.33. The minimum absolute atomic E-state index is 0.233. The molecule has 0 aliphatic heterocycles. The summed E-state index contributed by atoms with van der Waals surface area (Å²) in [6.07, 6.45) is 0. The third-order valence-electron chi connectivity index (χ3n) is 3.65. The fraction of sp³-hybridized carbons (Fsp3) is 0.200.